The largest absolute Gasteiger partial charge is 0.396 e. The van der Waals surface area contributed by atoms with E-state index in [1.807, 2.05) is 0 Å². The van der Waals surface area contributed by atoms with E-state index < -0.39 is 24.4 Å². The molecule has 0 aliphatic heterocycles. The third-order valence-electron chi connectivity index (χ3n) is 2.15. The molecule has 18 heavy (non-hydrogen) atoms. The Balaban J connectivity index is 0. The molecule has 0 fully saturated rings. The molecule has 0 aliphatic carbocycles. The second-order valence-corrected chi connectivity index (χ2v) is 4.50. The van der Waals surface area contributed by atoms with E-state index >= 15 is 0 Å². The lowest BCUT2D eigenvalue weighted by Crippen LogP contribution is -2.15. The van der Waals surface area contributed by atoms with Crippen LogP contribution in [0, 0.1) is 0 Å². The Morgan fingerprint density at radius 3 is 1.11 bits per heavy atom. The fourth-order valence-electron chi connectivity index (χ4n) is 1.32. The smallest absolute Gasteiger partial charge is 0.0586 e. The van der Waals surface area contributed by atoms with E-state index in [0.29, 0.717) is 25.7 Å². The van der Waals surface area contributed by atoms with Gasteiger partial charge in [0, 0.05) is 13.2 Å². The minimum atomic E-state index is -0.560. The van der Waals surface area contributed by atoms with Crippen LogP contribution in [0.15, 0.2) is 0 Å². The molecule has 0 radical (unpaired) electrons. The van der Waals surface area contributed by atoms with Crippen molar-refractivity contribution in [1.29, 1.82) is 0 Å². The lowest BCUT2D eigenvalue weighted by atomic mass is 10.1. The molecule has 112 valence electrons. The average molecular weight is 268 g/mol. The highest BCUT2D eigenvalue weighted by atomic mass is 16.3. The van der Waals surface area contributed by atoms with E-state index in [1.54, 1.807) is 13.8 Å². The average Bonchev–Trinajstić information content (AvgIpc) is 2.16. The lowest BCUT2D eigenvalue weighted by Gasteiger charge is -2.09. The van der Waals surface area contributed by atoms with Gasteiger partial charge in [-0.2, -0.15) is 0 Å². The van der Waals surface area contributed by atoms with E-state index in [1.165, 1.54) is 0 Å². The van der Waals surface area contributed by atoms with Gasteiger partial charge in [0.05, 0.1) is 24.4 Å². The maximum absolute atomic E-state index is 8.90. The molecule has 6 heteroatoms. The van der Waals surface area contributed by atoms with Crippen molar-refractivity contribution in [3.8, 4) is 0 Å². The molecule has 0 aromatic rings. The number of aliphatic hydroxyl groups is 6. The quantitative estimate of drug-likeness (QED) is 0.336. The van der Waals surface area contributed by atoms with Gasteiger partial charge in [0.2, 0.25) is 0 Å². The Bertz CT molecular complexity index is 145. The normalized spacial score (nSPS) is 17.3. The second kappa shape index (κ2) is 13.2. The summed E-state index contributed by atoms with van der Waals surface area (Å²) in [5.41, 5.74) is 0. The van der Waals surface area contributed by atoms with Crippen LogP contribution in [0.5, 0.6) is 0 Å². The van der Waals surface area contributed by atoms with Gasteiger partial charge in [-0.15, -0.1) is 0 Å². The molecule has 0 spiro atoms. The summed E-state index contributed by atoms with van der Waals surface area (Å²) in [7, 11) is 0. The van der Waals surface area contributed by atoms with Crippen molar-refractivity contribution in [1.82, 2.24) is 0 Å². The van der Waals surface area contributed by atoms with Crippen LogP contribution in [-0.4, -0.2) is 68.3 Å². The van der Waals surface area contributed by atoms with Crippen LogP contribution >= 0.6 is 0 Å². The monoisotopic (exact) mass is 268 g/mol. The summed E-state index contributed by atoms with van der Waals surface area (Å²) >= 11 is 0. The second-order valence-electron chi connectivity index (χ2n) is 4.50. The highest BCUT2D eigenvalue weighted by Crippen LogP contribution is 2.00. The highest BCUT2D eigenvalue weighted by molar-refractivity contribution is 4.58. The zero-order valence-electron chi connectivity index (χ0n) is 11.2. The van der Waals surface area contributed by atoms with Crippen molar-refractivity contribution in [3.05, 3.63) is 0 Å². The van der Waals surface area contributed by atoms with Crippen LogP contribution in [0.2, 0.25) is 0 Å². The molecule has 0 heterocycles. The summed E-state index contributed by atoms with van der Waals surface area (Å²) in [6.07, 6.45) is -0.681. The first-order chi connectivity index (χ1) is 8.33. The Kier molecular flexibility index (Phi) is 14.7. The topological polar surface area (TPSA) is 121 Å². The fraction of sp³-hybridized carbons (Fsp3) is 1.00. The van der Waals surface area contributed by atoms with Gasteiger partial charge in [0.1, 0.15) is 0 Å². The molecule has 0 saturated carbocycles. The van der Waals surface area contributed by atoms with Crippen molar-refractivity contribution < 1.29 is 30.6 Å². The van der Waals surface area contributed by atoms with E-state index in [-0.39, 0.29) is 13.2 Å². The van der Waals surface area contributed by atoms with Crippen LogP contribution in [0.25, 0.3) is 0 Å². The van der Waals surface area contributed by atoms with Gasteiger partial charge in [-0.3, -0.25) is 0 Å². The minimum Gasteiger partial charge on any atom is -0.396 e. The zero-order valence-corrected chi connectivity index (χ0v) is 11.2. The highest BCUT2D eigenvalue weighted by Gasteiger charge is 2.06. The molecule has 6 N–H and O–H groups in total. The molecule has 0 rings (SSSR count). The summed E-state index contributed by atoms with van der Waals surface area (Å²) in [6.45, 7) is 3.18. The Morgan fingerprint density at radius 1 is 0.667 bits per heavy atom. The molecular formula is C12H28O6. The Morgan fingerprint density at radius 2 is 0.944 bits per heavy atom. The van der Waals surface area contributed by atoms with Gasteiger partial charge in [-0.25, -0.2) is 0 Å². The molecule has 0 aromatic heterocycles. The van der Waals surface area contributed by atoms with Crippen LogP contribution < -0.4 is 0 Å². The molecule has 4 atom stereocenters. The Hall–Kier alpha value is -0.240. The van der Waals surface area contributed by atoms with Gasteiger partial charge in [-0.1, -0.05) is 0 Å². The lowest BCUT2D eigenvalue weighted by molar-refractivity contribution is 0.0713. The molecular weight excluding hydrogens is 240 g/mol. The molecule has 6 nitrogen and oxygen atoms in total. The summed E-state index contributed by atoms with van der Waals surface area (Å²) < 4.78 is 0. The molecule has 0 bridgehead atoms. The van der Waals surface area contributed by atoms with Crippen molar-refractivity contribution in [2.45, 2.75) is 63.9 Å². The molecule has 0 aliphatic rings. The minimum absolute atomic E-state index is 0.0200. The van der Waals surface area contributed by atoms with E-state index in [0.717, 1.165) is 0 Å². The first-order valence-electron chi connectivity index (χ1n) is 6.27. The molecule has 0 aromatic carbocycles. The van der Waals surface area contributed by atoms with Gasteiger partial charge < -0.3 is 30.6 Å². The third kappa shape index (κ3) is 18.1. The third-order valence-corrected chi connectivity index (χ3v) is 2.15. The maximum Gasteiger partial charge on any atom is 0.0586 e. The van der Waals surface area contributed by atoms with Crippen LogP contribution in [-0.2, 0) is 0 Å². The number of hydrogen-bond donors (Lipinski definition) is 6. The number of hydrogen-bond acceptors (Lipinski definition) is 6. The van der Waals surface area contributed by atoms with E-state index in [4.69, 9.17) is 30.6 Å². The van der Waals surface area contributed by atoms with E-state index in [2.05, 4.69) is 0 Å². The van der Waals surface area contributed by atoms with Crippen molar-refractivity contribution >= 4 is 0 Å². The van der Waals surface area contributed by atoms with Crippen LogP contribution in [0.3, 0.4) is 0 Å². The van der Waals surface area contributed by atoms with E-state index in [9.17, 15) is 0 Å². The number of aliphatic hydroxyl groups excluding tert-OH is 6. The van der Waals surface area contributed by atoms with Gasteiger partial charge in [-0.05, 0) is 39.5 Å². The SMILES string of the molecule is CC(O)CC(O)CCO.CC(O)CC(O)CCO. The molecule has 4 unspecified atom stereocenters. The first-order valence-corrected chi connectivity index (χ1v) is 6.27. The fourth-order valence-corrected chi connectivity index (χ4v) is 1.32. The summed E-state index contributed by atoms with van der Waals surface area (Å²) in [5, 5.41) is 51.8. The predicted molar refractivity (Wildman–Crippen MR) is 68.0 cm³/mol. The standard InChI is InChI=1S/2C6H14O3/c2*1-5(8)4-6(9)2-3-7/h2*5-9H,2-4H2,1H3. The summed E-state index contributed by atoms with van der Waals surface area (Å²) in [4.78, 5) is 0. The van der Waals surface area contributed by atoms with Crippen LogP contribution in [0.4, 0.5) is 0 Å². The van der Waals surface area contributed by atoms with Crippen LogP contribution in [0.1, 0.15) is 39.5 Å². The first kappa shape index (κ1) is 20.1. The van der Waals surface area contributed by atoms with Gasteiger partial charge >= 0.3 is 0 Å². The predicted octanol–water partition coefficient (Wildman–Crippen LogP) is -0.999. The van der Waals surface area contributed by atoms with Crippen molar-refractivity contribution in [3.63, 3.8) is 0 Å². The number of rotatable bonds is 8. The zero-order chi connectivity index (χ0) is 14.6. The molecule has 0 saturated heterocycles. The summed E-state index contributed by atoms with van der Waals surface area (Å²) in [6, 6.07) is 0. The maximum atomic E-state index is 8.90. The van der Waals surface area contributed by atoms with Gasteiger partial charge in [0.15, 0.2) is 0 Å². The Labute approximate surface area is 109 Å². The van der Waals surface area contributed by atoms with Gasteiger partial charge in [0.25, 0.3) is 0 Å². The van der Waals surface area contributed by atoms with Crippen molar-refractivity contribution in [2.24, 2.45) is 0 Å². The summed E-state index contributed by atoms with van der Waals surface area (Å²) in [5.74, 6) is 0. The van der Waals surface area contributed by atoms with Crippen molar-refractivity contribution in [2.75, 3.05) is 13.2 Å². The molecule has 0 amide bonds.